The van der Waals surface area contributed by atoms with Crippen molar-refractivity contribution in [3.8, 4) is 0 Å². The first-order valence-corrected chi connectivity index (χ1v) is 7.47. The summed E-state index contributed by atoms with van der Waals surface area (Å²) in [4.78, 5) is 8.56. The van der Waals surface area contributed by atoms with Crippen molar-refractivity contribution >= 4 is 39.1 Å². The summed E-state index contributed by atoms with van der Waals surface area (Å²) in [6.07, 6.45) is 2.97. The van der Waals surface area contributed by atoms with Gasteiger partial charge in [0.2, 0.25) is 0 Å². The van der Waals surface area contributed by atoms with Gasteiger partial charge in [-0.3, -0.25) is 0 Å². The van der Waals surface area contributed by atoms with Crippen molar-refractivity contribution < 1.29 is 0 Å². The van der Waals surface area contributed by atoms with Crippen LogP contribution in [0.3, 0.4) is 0 Å². The molecule has 0 radical (unpaired) electrons. The third-order valence-corrected chi connectivity index (χ3v) is 4.97. The predicted octanol–water partition coefficient (Wildman–Crippen LogP) is 2.86. The van der Waals surface area contributed by atoms with Gasteiger partial charge < -0.3 is 5.32 Å². The molecule has 1 aliphatic rings. The van der Waals surface area contributed by atoms with Crippen LogP contribution >= 0.6 is 23.1 Å². The third-order valence-electron chi connectivity index (χ3n) is 2.83. The maximum absolute atomic E-state index is 4.32. The second-order valence-corrected chi connectivity index (χ2v) is 6.03. The second kappa shape index (κ2) is 4.59. The summed E-state index contributed by atoms with van der Waals surface area (Å²) < 4.78 is 1.17. The van der Waals surface area contributed by atoms with E-state index >= 15 is 0 Å². The second-order valence-electron chi connectivity index (χ2n) is 3.97. The molecule has 1 atom stereocenters. The largest absolute Gasteiger partial charge is 0.368 e. The van der Waals surface area contributed by atoms with Crippen molar-refractivity contribution in [2.24, 2.45) is 5.92 Å². The number of hydrogen-bond donors (Lipinski definition) is 1. The number of hydrogen-bond acceptors (Lipinski definition) is 5. The van der Waals surface area contributed by atoms with Crippen LogP contribution in [-0.4, -0.2) is 28.0 Å². The molecule has 0 amide bonds. The molecule has 16 heavy (non-hydrogen) atoms. The van der Waals surface area contributed by atoms with Gasteiger partial charge >= 0.3 is 0 Å². The van der Waals surface area contributed by atoms with Crippen molar-refractivity contribution in [1.82, 2.24) is 9.97 Å². The van der Waals surface area contributed by atoms with Gasteiger partial charge in [0, 0.05) is 6.54 Å². The van der Waals surface area contributed by atoms with Crippen molar-refractivity contribution in [2.45, 2.75) is 6.42 Å². The van der Waals surface area contributed by atoms with Crippen LogP contribution in [0.1, 0.15) is 6.42 Å². The first-order valence-electron chi connectivity index (χ1n) is 5.43. The van der Waals surface area contributed by atoms with E-state index in [1.54, 1.807) is 17.7 Å². The highest BCUT2D eigenvalue weighted by Crippen LogP contribution is 2.27. The minimum absolute atomic E-state index is 0.801. The molecule has 1 fully saturated rings. The topological polar surface area (TPSA) is 37.8 Å². The first-order chi connectivity index (χ1) is 7.93. The summed E-state index contributed by atoms with van der Waals surface area (Å²) in [6.45, 7) is 1.04. The minimum Gasteiger partial charge on any atom is -0.368 e. The maximum atomic E-state index is 4.32. The van der Waals surface area contributed by atoms with Gasteiger partial charge in [-0.25, -0.2) is 9.97 Å². The lowest BCUT2D eigenvalue weighted by Crippen LogP contribution is -2.14. The zero-order valence-corrected chi connectivity index (χ0v) is 10.5. The van der Waals surface area contributed by atoms with Gasteiger partial charge in [-0.1, -0.05) is 0 Å². The van der Waals surface area contributed by atoms with Crippen LogP contribution in [0.25, 0.3) is 10.2 Å². The van der Waals surface area contributed by atoms with E-state index in [1.807, 2.05) is 6.07 Å². The van der Waals surface area contributed by atoms with Crippen molar-refractivity contribution in [1.29, 1.82) is 0 Å². The lowest BCUT2D eigenvalue weighted by molar-refractivity contribution is 0.631. The molecule has 1 aliphatic heterocycles. The van der Waals surface area contributed by atoms with Gasteiger partial charge in [-0.2, -0.15) is 11.8 Å². The van der Waals surface area contributed by atoms with E-state index in [9.17, 15) is 0 Å². The molecule has 2 aromatic rings. The van der Waals surface area contributed by atoms with Crippen molar-refractivity contribution in [3.05, 3.63) is 17.8 Å². The average Bonchev–Trinajstić information content (AvgIpc) is 2.97. The third kappa shape index (κ3) is 2.01. The molecule has 1 saturated heterocycles. The maximum Gasteiger partial charge on any atom is 0.147 e. The molecule has 2 aromatic heterocycles. The molecular formula is C11H13N3S2. The number of nitrogens with one attached hydrogen (secondary N) is 1. The summed E-state index contributed by atoms with van der Waals surface area (Å²) in [6, 6.07) is 2.04. The van der Waals surface area contributed by atoms with Gasteiger partial charge in [0.25, 0.3) is 0 Å². The lowest BCUT2D eigenvalue weighted by atomic mass is 10.1. The molecule has 0 spiro atoms. The summed E-state index contributed by atoms with van der Waals surface area (Å²) in [7, 11) is 0. The molecule has 1 N–H and O–H groups in total. The van der Waals surface area contributed by atoms with Gasteiger partial charge in [-0.15, -0.1) is 11.3 Å². The fourth-order valence-electron chi connectivity index (χ4n) is 1.90. The van der Waals surface area contributed by atoms with Crippen molar-refractivity contribution in [2.75, 3.05) is 23.4 Å². The normalized spacial score (nSPS) is 20.4. The fraction of sp³-hybridized carbons (Fsp3) is 0.455. The molecule has 1 unspecified atom stereocenters. The van der Waals surface area contributed by atoms with Gasteiger partial charge in [0.05, 0.1) is 10.2 Å². The monoisotopic (exact) mass is 251 g/mol. The summed E-state index contributed by atoms with van der Waals surface area (Å²) in [5.74, 6) is 4.39. The van der Waals surface area contributed by atoms with Crippen LogP contribution in [0, 0.1) is 5.92 Å². The van der Waals surface area contributed by atoms with E-state index in [2.05, 4.69) is 32.4 Å². The summed E-state index contributed by atoms with van der Waals surface area (Å²) >= 11 is 3.76. The number of aromatic nitrogens is 2. The van der Waals surface area contributed by atoms with Crippen LogP contribution in [0.15, 0.2) is 17.8 Å². The minimum atomic E-state index is 0.801. The molecule has 3 rings (SSSR count). The van der Waals surface area contributed by atoms with E-state index in [0.717, 1.165) is 23.8 Å². The summed E-state index contributed by atoms with van der Waals surface area (Å²) in [5, 5.41) is 5.53. The van der Waals surface area contributed by atoms with E-state index < -0.39 is 0 Å². The fourth-order valence-corrected chi connectivity index (χ4v) is 4.00. The zero-order valence-electron chi connectivity index (χ0n) is 8.85. The lowest BCUT2D eigenvalue weighted by Gasteiger charge is -2.10. The molecular weight excluding hydrogens is 238 g/mol. The Labute approximate surface area is 103 Å². The Morgan fingerprint density at radius 1 is 1.44 bits per heavy atom. The van der Waals surface area contributed by atoms with E-state index in [1.165, 1.54) is 22.6 Å². The molecule has 0 bridgehead atoms. The van der Waals surface area contributed by atoms with Crippen LogP contribution in [-0.2, 0) is 0 Å². The number of anilines is 1. The van der Waals surface area contributed by atoms with Crippen LogP contribution in [0.2, 0.25) is 0 Å². The average molecular weight is 251 g/mol. The van der Waals surface area contributed by atoms with Crippen LogP contribution in [0.5, 0.6) is 0 Å². The van der Waals surface area contributed by atoms with E-state index in [0.29, 0.717) is 0 Å². The summed E-state index contributed by atoms with van der Waals surface area (Å²) in [5.41, 5.74) is 1.04. The van der Waals surface area contributed by atoms with E-state index in [4.69, 9.17) is 0 Å². The SMILES string of the molecule is c1nc(NCC2CCSC2)c2sccc2n1. The Morgan fingerprint density at radius 2 is 2.44 bits per heavy atom. The Balaban J connectivity index is 1.75. The first kappa shape index (κ1) is 10.4. The standard InChI is InChI=1S/C11H13N3S2/c1-3-15-6-8(1)5-12-11-10-9(2-4-16-10)13-7-14-11/h2,4,7-8H,1,3,5-6H2,(H,12,13,14). The quantitative estimate of drug-likeness (QED) is 0.910. The highest BCUT2D eigenvalue weighted by Gasteiger charge is 2.15. The molecule has 84 valence electrons. The van der Waals surface area contributed by atoms with Gasteiger partial charge in [0.15, 0.2) is 0 Å². The van der Waals surface area contributed by atoms with Gasteiger partial charge in [-0.05, 0) is 35.3 Å². The Bertz CT molecular complexity index is 477. The Hall–Kier alpha value is -0.810. The van der Waals surface area contributed by atoms with Crippen molar-refractivity contribution in [3.63, 3.8) is 0 Å². The number of nitrogens with zero attached hydrogens (tertiary/aromatic N) is 2. The highest BCUT2D eigenvalue weighted by molar-refractivity contribution is 7.99. The molecule has 3 nitrogen and oxygen atoms in total. The Kier molecular flexibility index (Phi) is 2.97. The van der Waals surface area contributed by atoms with Crippen LogP contribution < -0.4 is 5.32 Å². The predicted molar refractivity (Wildman–Crippen MR) is 71.3 cm³/mol. The molecule has 0 saturated carbocycles. The Morgan fingerprint density at radius 3 is 3.31 bits per heavy atom. The number of thiophene rings is 1. The number of fused-ring (bicyclic) bond motifs is 1. The van der Waals surface area contributed by atoms with Gasteiger partial charge in [0.1, 0.15) is 12.1 Å². The number of rotatable bonds is 3. The molecule has 0 aromatic carbocycles. The molecule has 0 aliphatic carbocycles. The number of thioether (sulfide) groups is 1. The zero-order chi connectivity index (χ0) is 10.8. The highest BCUT2D eigenvalue weighted by atomic mass is 32.2. The molecule has 3 heterocycles. The molecule has 5 heteroatoms. The smallest absolute Gasteiger partial charge is 0.147 e. The van der Waals surface area contributed by atoms with E-state index in [-0.39, 0.29) is 0 Å². The van der Waals surface area contributed by atoms with Crippen LogP contribution in [0.4, 0.5) is 5.82 Å².